The third-order valence-electron chi connectivity index (χ3n) is 4.25. The summed E-state index contributed by atoms with van der Waals surface area (Å²) in [6, 6.07) is 1.40. The number of carbonyl (C=O) groups is 1. The van der Waals surface area contributed by atoms with E-state index < -0.39 is 0 Å². The fraction of sp³-hybridized carbons (Fsp3) is 0.923. The normalized spacial score (nSPS) is 36.1. The van der Waals surface area contributed by atoms with Gasteiger partial charge in [0.1, 0.15) is 0 Å². The lowest BCUT2D eigenvalue weighted by molar-refractivity contribution is -0.127. The molecular weight excluding hydrogens is 214 g/mol. The van der Waals surface area contributed by atoms with Gasteiger partial charge in [0.05, 0.1) is 6.04 Å². The van der Waals surface area contributed by atoms with Gasteiger partial charge in [0.15, 0.2) is 0 Å². The van der Waals surface area contributed by atoms with E-state index in [0.717, 1.165) is 19.5 Å². The molecule has 2 saturated heterocycles. The molecule has 4 heteroatoms. The zero-order valence-electron chi connectivity index (χ0n) is 11.2. The predicted octanol–water partition coefficient (Wildman–Crippen LogP) is 0.726. The van der Waals surface area contributed by atoms with Gasteiger partial charge < -0.3 is 10.6 Å². The van der Waals surface area contributed by atoms with Crippen LogP contribution in [0.3, 0.4) is 0 Å². The predicted molar refractivity (Wildman–Crippen MR) is 68.9 cm³/mol. The summed E-state index contributed by atoms with van der Waals surface area (Å²) in [4.78, 5) is 14.6. The smallest absolute Gasteiger partial charge is 0.237 e. The maximum Gasteiger partial charge on any atom is 0.237 e. The van der Waals surface area contributed by atoms with Crippen LogP contribution in [-0.2, 0) is 4.79 Å². The van der Waals surface area contributed by atoms with Crippen molar-refractivity contribution in [2.75, 3.05) is 13.1 Å². The first-order valence-electron chi connectivity index (χ1n) is 6.88. The summed E-state index contributed by atoms with van der Waals surface area (Å²) in [6.07, 6.45) is 3.48. The van der Waals surface area contributed by atoms with Crippen molar-refractivity contribution >= 4 is 5.91 Å². The van der Waals surface area contributed by atoms with E-state index in [9.17, 15) is 4.79 Å². The molecule has 4 atom stereocenters. The van der Waals surface area contributed by atoms with Crippen molar-refractivity contribution in [3.05, 3.63) is 0 Å². The Kier molecular flexibility index (Phi) is 4.05. The fourth-order valence-electron chi connectivity index (χ4n) is 3.21. The lowest BCUT2D eigenvalue weighted by Crippen LogP contribution is -2.51. The van der Waals surface area contributed by atoms with Crippen LogP contribution in [0, 0.1) is 0 Å². The van der Waals surface area contributed by atoms with Crippen LogP contribution in [0.4, 0.5) is 0 Å². The van der Waals surface area contributed by atoms with Gasteiger partial charge in [-0.1, -0.05) is 0 Å². The number of nitrogens with one attached hydrogen (secondary N) is 2. The summed E-state index contributed by atoms with van der Waals surface area (Å²) in [5.41, 5.74) is 0. The molecule has 0 aromatic heterocycles. The van der Waals surface area contributed by atoms with Crippen LogP contribution in [0.5, 0.6) is 0 Å². The fourth-order valence-corrected chi connectivity index (χ4v) is 3.21. The average Bonchev–Trinajstić information content (AvgIpc) is 2.89. The van der Waals surface area contributed by atoms with Crippen LogP contribution in [0.15, 0.2) is 0 Å². The van der Waals surface area contributed by atoms with Gasteiger partial charge in [-0.2, -0.15) is 0 Å². The van der Waals surface area contributed by atoms with Gasteiger partial charge in [0, 0.05) is 24.7 Å². The van der Waals surface area contributed by atoms with Crippen molar-refractivity contribution in [3.8, 4) is 0 Å². The van der Waals surface area contributed by atoms with Crippen LogP contribution in [0.1, 0.15) is 40.0 Å². The van der Waals surface area contributed by atoms with Gasteiger partial charge in [-0.3, -0.25) is 9.69 Å². The molecule has 2 aliphatic heterocycles. The number of amides is 1. The Morgan fingerprint density at radius 2 is 1.94 bits per heavy atom. The van der Waals surface area contributed by atoms with E-state index >= 15 is 0 Å². The molecule has 2 aliphatic rings. The summed E-state index contributed by atoms with van der Waals surface area (Å²) >= 11 is 0. The highest BCUT2D eigenvalue weighted by Crippen LogP contribution is 2.25. The standard InChI is InChI=1S/C13H25N3O/c1-9-4-5-10(2)16(9)11(3)13(17)15-12-6-7-14-8-12/h9-12,14H,4-8H2,1-3H3,(H,15,17)/t9?,10?,11?,12-/m1/s1. The lowest BCUT2D eigenvalue weighted by atomic mass is 10.2. The van der Waals surface area contributed by atoms with Gasteiger partial charge in [0.25, 0.3) is 0 Å². The number of hydrogen-bond acceptors (Lipinski definition) is 3. The van der Waals surface area contributed by atoms with Crippen molar-refractivity contribution in [1.82, 2.24) is 15.5 Å². The first kappa shape index (κ1) is 12.8. The Bertz CT molecular complexity index is 266. The van der Waals surface area contributed by atoms with Crippen molar-refractivity contribution in [2.45, 2.75) is 64.2 Å². The monoisotopic (exact) mass is 239 g/mol. The van der Waals surface area contributed by atoms with E-state index in [1.807, 2.05) is 6.92 Å². The summed E-state index contributed by atoms with van der Waals surface area (Å²) in [7, 11) is 0. The minimum Gasteiger partial charge on any atom is -0.351 e. The molecule has 0 aliphatic carbocycles. The zero-order chi connectivity index (χ0) is 12.4. The Balaban J connectivity index is 1.89. The van der Waals surface area contributed by atoms with Crippen molar-refractivity contribution < 1.29 is 4.79 Å². The second-order valence-corrected chi connectivity index (χ2v) is 5.60. The highest BCUT2D eigenvalue weighted by molar-refractivity contribution is 5.81. The SMILES string of the molecule is CC1CCC(C)N1C(C)C(=O)N[C@@H]1CCNC1. The summed E-state index contributed by atoms with van der Waals surface area (Å²) in [6.45, 7) is 8.43. The molecule has 4 nitrogen and oxygen atoms in total. The Morgan fingerprint density at radius 3 is 2.47 bits per heavy atom. The Hall–Kier alpha value is -0.610. The number of nitrogens with zero attached hydrogens (tertiary/aromatic N) is 1. The van der Waals surface area contributed by atoms with E-state index in [0.29, 0.717) is 18.1 Å². The largest absolute Gasteiger partial charge is 0.351 e. The summed E-state index contributed by atoms with van der Waals surface area (Å²) < 4.78 is 0. The maximum atomic E-state index is 12.2. The van der Waals surface area contributed by atoms with Crippen molar-refractivity contribution in [1.29, 1.82) is 0 Å². The summed E-state index contributed by atoms with van der Waals surface area (Å²) in [5.74, 6) is 0.194. The van der Waals surface area contributed by atoms with Crippen LogP contribution in [0.25, 0.3) is 0 Å². The molecule has 0 radical (unpaired) electrons. The maximum absolute atomic E-state index is 12.2. The molecule has 2 N–H and O–H groups in total. The highest BCUT2D eigenvalue weighted by Gasteiger charge is 2.34. The second-order valence-electron chi connectivity index (χ2n) is 5.60. The quantitative estimate of drug-likeness (QED) is 0.763. The zero-order valence-corrected chi connectivity index (χ0v) is 11.2. The first-order valence-corrected chi connectivity index (χ1v) is 6.88. The van der Waals surface area contributed by atoms with Gasteiger partial charge in [-0.05, 0) is 46.6 Å². The van der Waals surface area contributed by atoms with Crippen LogP contribution in [0.2, 0.25) is 0 Å². The molecule has 1 amide bonds. The second kappa shape index (κ2) is 5.36. The average molecular weight is 239 g/mol. The molecule has 0 saturated carbocycles. The number of likely N-dealkylation sites (tertiary alicyclic amines) is 1. The Morgan fingerprint density at radius 1 is 1.29 bits per heavy atom. The molecule has 2 fully saturated rings. The van der Waals surface area contributed by atoms with E-state index in [1.165, 1.54) is 12.8 Å². The van der Waals surface area contributed by atoms with Gasteiger partial charge in [0.2, 0.25) is 5.91 Å². The van der Waals surface area contributed by atoms with E-state index in [2.05, 4.69) is 29.4 Å². The number of carbonyl (C=O) groups excluding carboxylic acids is 1. The minimum absolute atomic E-state index is 0.00287. The van der Waals surface area contributed by atoms with E-state index in [1.54, 1.807) is 0 Å². The highest BCUT2D eigenvalue weighted by atomic mass is 16.2. The number of hydrogen-bond donors (Lipinski definition) is 2. The lowest BCUT2D eigenvalue weighted by Gasteiger charge is -2.32. The molecular formula is C13H25N3O. The minimum atomic E-state index is 0.00287. The molecule has 0 spiro atoms. The van der Waals surface area contributed by atoms with Gasteiger partial charge in [-0.25, -0.2) is 0 Å². The van der Waals surface area contributed by atoms with Crippen molar-refractivity contribution in [2.24, 2.45) is 0 Å². The molecule has 2 heterocycles. The van der Waals surface area contributed by atoms with Crippen molar-refractivity contribution in [3.63, 3.8) is 0 Å². The summed E-state index contributed by atoms with van der Waals surface area (Å²) in [5, 5.41) is 6.43. The van der Waals surface area contributed by atoms with Crippen LogP contribution < -0.4 is 10.6 Å². The molecule has 0 aromatic rings. The van der Waals surface area contributed by atoms with Crippen LogP contribution >= 0.6 is 0 Å². The van der Waals surface area contributed by atoms with E-state index in [4.69, 9.17) is 0 Å². The third kappa shape index (κ3) is 2.80. The van der Waals surface area contributed by atoms with Crippen LogP contribution in [-0.4, -0.2) is 48.1 Å². The molecule has 98 valence electrons. The van der Waals surface area contributed by atoms with Gasteiger partial charge in [-0.15, -0.1) is 0 Å². The molecule has 2 rings (SSSR count). The number of rotatable bonds is 3. The third-order valence-corrected chi connectivity index (χ3v) is 4.25. The molecule has 17 heavy (non-hydrogen) atoms. The van der Waals surface area contributed by atoms with Gasteiger partial charge >= 0.3 is 0 Å². The molecule has 3 unspecified atom stereocenters. The van der Waals surface area contributed by atoms with E-state index in [-0.39, 0.29) is 11.9 Å². The Labute approximate surface area is 104 Å². The molecule has 0 bridgehead atoms. The first-order chi connectivity index (χ1) is 8.09. The molecule has 0 aromatic carbocycles. The topological polar surface area (TPSA) is 44.4 Å².